The summed E-state index contributed by atoms with van der Waals surface area (Å²) in [5.41, 5.74) is 12.6. The largest absolute Gasteiger partial charge is 0.508 e. The van der Waals surface area contributed by atoms with Crippen molar-refractivity contribution in [3.63, 3.8) is 0 Å². The minimum absolute atomic E-state index is 0.0580. The molecule has 4 N–H and O–H groups in total. The second-order valence-electron chi connectivity index (χ2n) is 11.6. The van der Waals surface area contributed by atoms with Gasteiger partial charge in [0.2, 0.25) is 5.91 Å². The van der Waals surface area contributed by atoms with Gasteiger partial charge < -0.3 is 16.2 Å². The fourth-order valence-corrected chi connectivity index (χ4v) is 4.87. The molecule has 0 aliphatic rings. The van der Waals surface area contributed by atoms with Crippen molar-refractivity contribution in [2.45, 2.75) is 45.2 Å². The predicted octanol–water partition coefficient (Wildman–Crippen LogP) is 5.49. The predicted molar refractivity (Wildman–Crippen MR) is 167 cm³/mol. The van der Waals surface area contributed by atoms with Gasteiger partial charge in [0.1, 0.15) is 11.8 Å². The van der Waals surface area contributed by atoms with Gasteiger partial charge in [-0.15, -0.1) is 0 Å². The third-order valence-electron chi connectivity index (χ3n) is 7.35. The number of carbonyl (C=O) groups excluding carboxylic acids is 2. The first kappa shape index (κ1) is 29.3. The number of nitrogens with two attached hydrogens (primary N) is 1. The number of hydrogen-bond donors (Lipinski definition) is 3. The van der Waals surface area contributed by atoms with E-state index in [2.05, 4.69) is 55.3 Å². The van der Waals surface area contributed by atoms with E-state index in [0.29, 0.717) is 12.1 Å². The Morgan fingerprint density at radius 3 is 2.21 bits per heavy atom. The van der Waals surface area contributed by atoms with E-state index in [1.807, 2.05) is 35.0 Å². The van der Waals surface area contributed by atoms with Crippen LogP contribution in [0.1, 0.15) is 47.8 Å². The maximum atomic E-state index is 13.3. The fourth-order valence-electron chi connectivity index (χ4n) is 4.87. The molecule has 0 aliphatic carbocycles. The molecule has 0 unspecified atom stereocenters. The highest BCUT2D eigenvalue weighted by Gasteiger charge is 2.21. The van der Waals surface area contributed by atoms with Gasteiger partial charge in [-0.1, -0.05) is 69.3 Å². The van der Waals surface area contributed by atoms with E-state index in [4.69, 9.17) is 10.8 Å². The number of benzene rings is 3. The minimum atomic E-state index is -0.916. The number of pyridine rings is 1. The summed E-state index contributed by atoms with van der Waals surface area (Å²) in [6, 6.07) is 27.2. The van der Waals surface area contributed by atoms with E-state index in [1.54, 1.807) is 36.7 Å². The van der Waals surface area contributed by atoms with Crippen LogP contribution in [0.2, 0.25) is 0 Å². The van der Waals surface area contributed by atoms with Crippen LogP contribution in [0.4, 0.5) is 0 Å². The molecule has 2 heterocycles. The third kappa shape index (κ3) is 7.16. The molecule has 0 aliphatic heterocycles. The minimum Gasteiger partial charge on any atom is -0.508 e. The fraction of sp³-hybridized carbons (Fsp3) is 0.200. The van der Waals surface area contributed by atoms with Crippen molar-refractivity contribution in [1.82, 2.24) is 20.1 Å². The highest BCUT2D eigenvalue weighted by molar-refractivity contribution is 5.98. The molecule has 3 aromatic carbocycles. The second-order valence-corrected chi connectivity index (χ2v) is 11.6. The summed E-state index contributed by atoms with van der Waals surface area (Å²) in [4.78, 5) is 29.6. The smallest absolute Gasteiger partial charge is 0.251 e. The SMILES string of the molecule is CC(C)(C)c1ccc(Cn2nc(-c3ccncc3)cc2-c2cccc(C(=O)N[C@@H](Cc3ccc(O)cc3)C(N)=O)c2)cc1. The van der Waals surface area contributed by atoms with Crippen LogP contribution in [-0.2, 0) is 23.2 Å². The Bertz CT molecular complexity index is 1720. The van der Waals surface area contributed by atoms with E-state index < -0.39 is 17.9 Å². The van der Waals surface area contributed by atoms with Crippen LogP contribution in [0.15, 0.2) is 103 Å². The van der Waals surface area contributed by atoms with E-state index in [0.717, 1.165) is 33.6 Å². The highest BCUT2D eigenvalue weighted by Crippen LogP contribution is 2.28. The summed E-state index contributed by atoms with van der Waals surface area (Å²) in [6.45, 7) is 7.11. The molecule has 8 nitrogen and oxygen atoms in total. The number of nitrogens with zero attached hydrogens (tertiary/aromatic N) is 3. The lowest BCUT2D eigenvalue weighted by Crippen LogP contribution is -2.45. The molecule has 1 atom stereocenters. The van der Waals surface area contributed by atoms with E-state index >= 15 is 0 Å². The lowest BCUT2D eigenvalue weighted by atomic mass is 9.87. The Balaban J connectivity index is 1.44. The Labute approximate surface area is 251 Å². The van der Waals surface area contributed by atoms with Gasteiger partial charge >= 0.3 is 0 Å². The molecule has 8 heteroatoms. The highest BCUT2D eigenvalue weighted by atomic mass is 16.3. The molecule has 0 fully saturated rings. The number of rotatable bonds is 9. The molecule has 2 aromatic heterocycles. The van der Waals surface area contributed by atoms with E-state index in [9.17, 15) is 14.7 Å². The number of hydrogen-bond acceptors (Lipinski definition) is 5. The molecule has 5 aromatic rings. The van der Waals surface area contributed by atoms with Crippen LogP contribution in [0.3, 0.4) is 0 Å². The molecule has 2 amide bonds. The summed E-state index contributed by atoms with van der Waals surface area (Å²) < 4.78 is 1.94. The number of primary amides is 1. The molecule has 218 valence electrons. The maximum Gasteiger partial charge on any atom is 0.251 e. The normalized spacial score (nSPS) is 12.1. The second kappa shape index (κ2) is 12.3. The summed E-state index contributed by atoms with van der Waals surface area (Å²) in [6.07, 6.45) is 3.67. The summed E-state index contributed by atoms with van der Waals surface area (Å²) in [5.74, 6) is -0.939. The number of amides is 2. The lowest BCUT2D eigenvalue weighted by Gasteiger charge is -2.19. The first-order valence-electron chi connectivity index (χ1n) is 14.1. The summed E-state index contributed by atoms with van der Waals surface area (Å²) >= 11 is 0. The Hall–Kier alpha value is -5.24. The Morgan fingerprint density at radius 2 is 1.56 bits per heavy atom. The number of nitrogens with one attached hydrogen (secondary N) is 1. The lowest BCUT2D eigenvalue weighted by molar-refractivity contribution is -0.119. The van der Waals surface area contributed by atoms with Crippen LogP contribution in [-0.4, -0.2) is 37.7 Å². The maximum absolute atomic E-state index is 13.3. The van der Waals surface area contributed by atoms with Crippen LogP contribution in [0.5, 0.6) is 5.75 Å². The quantitative estimate of drug-likeness (QED) is 0.215. The average Bonchev–Trinajstić information content (AvgIpc) is 3.42. The molecule has 0 spiro atoms. The van der Waals surface area contributed by atoms with Crippen LogP contribution in [0.25, 0.3) is 22.5 Å². The zero-order chi connectivity index (χ0) is 30.6. The van der Waals surface area contributed by atoms with E-state index in [1.165, 1.54) is 17.7 Å². The standard InChI is InChI=1S/C35H35N5O3/c1-35(2,3)28-11-7-24(8-12-28)22-40-32(21-30(39-40)25-15-17-37-18-16-25)26-5-4-6-27(20-26)34(43)38-31(33(36)42)19-23-9-13-29(41)14-10-23/h4-18,20-21,31,41H,19,22H2,1-3H3,(H2,36,42)(H,38,43)/t31-/m0/s1. The van der Waals surface area contributed by atoms with Crippen molar-refractivity contribution in [1.29, 1.82) is 0 Å². The molecule has 0 saturated heterocycles. The number of aromatic hydroxyl groups is 1. The van der Waals surface area contributed by atoms with Gasteiger partial charge in [-0.05, 0) is 64.6 Å². The Morgan fingerprint density at radius 1 is 0.884 bits per heavy atom. The molecular formula is C35H35N5O3. The van der Waals surface area contributed by atoms with Crippen molar-refractivity contribution in [3.8, 4) is 28.3 Å². The summed E-state index contributed by atoms with van der Waals surface area (Å²) in [5, 5.41) is 17.3. The number of phenols is 1. The van der Waals surface area contributed by atoms with Gasteiger partial charge in [-0.2, -0.15) is 5.10 Å². The first-order chi connectivity index (χ1) is 20.6. The van der Waals surface area contributed by atoms with Crippen molar-refractivity contribution < 1.29 is 14.7 Å². The number of carbonyl (C=O) groups is 2. The van der Waals surface area contributed by atoms with Gasteiger partial charge in [0.05, 0.1) is 17.9 Å². The monoisotopic (exact) mass is 573 g/mol. The van der Waals surface area contributed by atoms with Crippen molar-refractivity contribution in [3.05, 3.63) is 126 Å². The molecule has 0 saturated carbocycles. The van der Waals surface area contributed by atoms with E-state index in [-0.39, 0.29) is 17.6 Å². The van der Waals surface area contributed by atoms with Gasteiger partial charge in [-0.25, -0.2) is 0 Å². The van der Waals surface area contributed by atoms with Crippen LogP contribution >= 0.6 is 0 Å². The molecule has 43 heavy (non-hydrogen) atoms. The summed E-state index contributed by atoms with van der Waals surface area (Å²) in [7, 11) is 0. The average molecular weight is 574 g/mol. The zero-order valence-electron chi connectivity index (χ0n) is 24.5. The molecule has 5 rings (SSSR count). The first-order valence-corrected chi connectivity index (χ1v) is 14.1. The molecule has 0 bridgehead atoms. The van der Waals surface area contributed by atoms with Gasteiger partial charge in [0.15, 0.2) is 0 Å². The number of phenolic OH excluding ortho intramolecular Hbond substituents is 1. The third-order valence-corrected chi connectivity index (χ3v) is 7.35. The molecular weight excluding hydrogens is 538 g/mol. The Kier molecular flexibility index (Phi) is 8.39. The number of aromatic nitrogens is 3. The van der Waals surface area contributed by atoms with Crippen LogP contribution in [0, 0.1) is 0 Å². The molecule has 0 radical (unpaired) electrons. The van der Waals surface area contributed by atoms with Crippen molar-refractivity contribution in [2.24, 2.45) is 5.73 Å². The van der Waals surface area contributed by atoms with Crippen LogP contribution < -0.4 is 11.1 Å². The topological polar surface area (TPSA) is 123 Å². The van der Waals surface area contributed by atoms with Crippen molar-refractivity contribution >= 4 is 11.8 Å². The van der Waals surface area contributed by atoms with Crippen molar-refractivity contribution in [2.75, 3.05) is 0 Å². The van der Waals surface area contributed by atoms with Gasteiger partial charge in [0.25, 0.3) is 5.91 Å². The van der Waals surface area contributed by atoms with Gasteiger partial charge in [-0.3, -0.25) is 19.3 Å². The van der Waals surface area contributed by atoms with Gasteiger partial charge in [0, 0.05) is 35.5 Å². The zero-order valence-corrected chi connectivity index (χ0v) is 24.5.